The van der Waals surface area contributed by atoms with Crippen LogP contribution in [-0.2, 0) is 9.47 Å². The van der Waals surface area contributed by atoms with E-state index < -0.39 is 5.60 Å². The van der Waals surface area contributed by atoms with Crippen molar-refractivity contribution in [2.45, 2.75) is 51.2 Å². The van der Waals surface area contributed by atoms with E-state index in [1.807, 2.05) is 20.8 Å². The second-order valence-electron chi connectivity index (χ2n) is 5.91. The average molecular weight is 258 g/mol. The molecule has 0 radical (unpaired) electrons. The van der Waals surface area contributed by atoms with Crippen molar-refractivity contribution >= 4 is 6.09 Å². The molecular formula is C13H26N2O3. The van der Waals surface area contributed by atoms with Gasteiger partial charge in [-0.05, 0) is 40.0 Å². The first-order valence-electron chi connectivity index (χ1n) is 6.55. The molecule has 0 aromatic heterocycles. The van der Waals surface area contributed by atoms with Gasteiger partial charge in [0.15, 0.2) is 0 Å². The Kier molecular flexibility index (Phi) is 4.99. The third-order valence-corrected chi connectivity index (χ3v) is 3.35. The van der Waals surface area contributed by atoms with E-state index in [4.69, 9.17) is 15.2 Å². The van der Waals surface area contributed by atoms with Crippen molar-refractivity contribution in [2.75, 3.05) is 26.7 Å². The van der Waals surface area contributed by atoms with Crippen LogP contribution >= 0.6 is 0 Å². The summed E-state index contributed by atoms with van der Waals surface area (Å²) < 4.78 is 10.9. The molecule has 1 rings (SSSR count). The quantitative estimate of drug-likeness (QED) is 0.819. The molecule has 1 amide bonds. The minimum atomic E-state index is -0.449. The lowest BCUT2D eigenvalue weighted by Crippen LogP contribution is -2.42. The van der Waals surface area contributed by atoms with Crippen molar-refractivity contribution in [3.05, 3.63) is 0 Å². The van der Waals surface area contributed by atoms with Crippen LogP contribution in [0.4, 0.5) is 4.79 Å². The molecule has 1 fully saturated rings. The Morgan fingerprint density at radius 2 is 2.00 bits per heavy atom. The molecule has 106 valence electrons. The fourth-order valence-corrected chi connectivity index (χ4v) is 2.17. The number of amides is 1. The van der Waals surface area contributed by atoms with Gasteiger partial charge in [0, 0.05) is 26.7 Å². The summed E-state index contributed by atoms with van der Waals surface area (Å²) in [5.74, 6) is 0. The number of hydrogen-bond acceptors (Lipinski definition) is 4. The summed E-state index contributed by atoms with van der Waals surface area (Å²) in [4.78, 5) is 13.7. The smallest absolute Gasteiger partial charge is 0.410 e. The first kappa shape index (κ1) is 15.2. The van der Waals surface area contributed by atoms with Crippen LogP contribution in [0.3, 0.4) is 0 Å². The predicted molar refractivity (Wildman–Crippen MR) is 70.5 cm³/mol. The number of carbonyl (C=O) groups excluding carboxylic acids is 1. The lowest BCUT2D eigenvalue weighted by atomic mass is 9.95. The Balaban J connectivity index is 2.59. The van der Waals surface area contributed by atoms with Gasteiger partial charge >= 0.3 is 6.09 Å². The highest BCUT2D eigenvalue weighted by Gasteiger charge is 2.33. The van der Waals surface area contributed by atoms with Crippen LogP contribution in [0.1, 0.15) is 40.0 Å². The Labute approximate surface area is 110 Å². The topological polar surface area (TPSA) is 64.8 Å². The highest BCUT2D eigenvalue weighted by atomic mass is 16.6. The summed E-state index contributed by atoms with van der Waals surface area (Å²) in [5.41, 5.74) is 5.05. The zero-order chi connectivity index (χ0) is 13.8. The van der Waals surface area contributed by atoms with Gasteiger partial charge in [-0.1, -0.05) is 0 Å². The van der Waals surface area contributed by atoms with Gasteiger partial charge in [0.1, 0.15) is 5.60 Å². The molecule has 1 saturated heterocycles. The lowest BCUT2D eigenvalue weighted by Gasteiger charge is -2.30. The molecular weight excluding hydrogens is 232 g/mol. The van der Waals surface area contributed by atoms with E-state index in [-0.39, 0.29) is 11.7 Å². The largest absolute Gasteiger partial charge is 0.444 e. The number of nitrogens with two attached hydrogens (primary N) is 1. The number of ether oxygens (including phenoxy) is 2. The first-order valence-corrected chi connectivity index (χ1v) is 6.55. The van der Waals surface area contributed by atoms with Crippen molar-refractivity contribution < 1.29 is 14.3 Å². The zero-order valence-corrected chi connectivity index (χ0v) is 12.0. The molecule has 1 atom stereocenters. The fourth-order valence-electron chi connectivity index (χ4n) is 2.17. The monoisotopic (exact) mass is 258 g/mol. The van der Waals surface area contributed by atoms with Crippen molar-refractivity contribution in [2.24, 2.45) is 5.73 Å². The summed E-state index contributed by atoms with van der Waals surface area (Å²) in [6, 6.07) is 0. The van der Waals surface area contributed by atoms with Crippen LogP contribution in [0.25, 0.3) is 0 Å². The van der Waals surface area contributed by atoms with Crippen molar-refractivity contribution in [3.63, 3.8) is 0 Å². The molecule has 5 nitrogen and oxygen atoms in total. The molecule has 5 heteroatoms. The molecule has 1 heterocycles. The maximum Gasteiger partial charge on any atom is 0.410 e. The number of methoxy groups -OCH3 is 1. The Bertz CT molecular complexity index is 282. The minimum Gasteiger partial charge on any atom is -0.444 e. The molecule has 18 heavy (non-hydrogen) atoms. The van der Waals surface area contributed by atoms with Crippen LogP contribution in [0, 0.1) is 0 Å². The van der Waals surface area contributed by atoms with Gasteiger partial charge in [0.2, 0.25) is 0 Å². The summed E-state index contributed by atoms with van der Waals surface area (Å²) in [6.45, 7) is 7.47. The molecule has 1 aliphatic heterocycles. The van der Waals surface area contributed by atoms with Crippen LogP contribution in [0.5, 0.6) is 0 Å². The van der Waals surface area contributed by atoms with Crippen molar-refractivity contribution in [1.82, 2.24) is 4.90 Å². The van der Waals surface area contributed by atoms with Gasteiger partial charge < -0.3 is 20.1 Å². The highest BCUT2D eigenvalue weighted by molar-refractivity contribution is 5.68. The third-order valence-electron chi connectivity index (χ3n) is 3.35. The van der Waals surface area contributed by atoms with E-state index in [0.717, 1.165) is 19.3 Å². The summed E-state index contributed by atoms with van der Waals surface area (Å²) >= 11 is 0. The molecule has 1 unspecified atom stereocenters. The standard InChI is InChI=1S/C13H26N2O3/c1-12(2,3)18-11(16)15-8-5-6-13(10-14,17-4)7-9-15/h5-10,14H2,1-4H3. The van der Waals surface area contributed by atoms with E-state index in [1.165, 1.54) is 0 Å². The number of carbonyl (C=O) groups is 1. The van der Waals surface area contributed by atoms with Crippen molar-refractivity contribution in [3.8, 4) is 0 Å². The van der Waals surface area contributed by atoms with Gasteiger partial charge in [0.05, 0.1) is 5.60 Å². The van der Waals surface area contributed by atoms with E-state index in [2.05, 4.69) is 0 Å². The molecule has 0 saturated carbocycles. The minimum absolute atomic E-state index is 0.244. The summed E-state index contributed by atoms with van der Waals surface area (Å²) in [5, 5.41) is 0. The molecule has 2 N–H and O–H groups in total. The summed E-state index contributed by atoms with van der Waals surface area (Å²) in [6.07, 6.45) is 2.30. The lowest BCUT2D eigenvalue weighted by molar-refractivity contribution is -0.0155. The SMILES string of the molecule is COC1(CN)CCCN(C(=O)OC(C)(C)C)CC1. The first-order chi connectivity index (χ1) is 8.32. The predicted octanol–water partition coefficient (Wildman–Crippen LogP) is 1.75. The molecule has 0 aliphatic carbocycles. The third kappa shape index (κ3) is 4.14. The summed E-state index contributed by atoms with van der Waals surface area (Å²) in [7, 11) is 1.69. The van der Waals surface area contributed by atoms with E-state index in [1.54, 1.807) is 12.0 Å². The zero-order valence-electron chi connectivity index (χ0n) is 12.0. The highest BCUT2D eigenvalue weighted by Crippen LogP contribution is 2.25. The number of hydrogen-bond donors (Lipinski definition) is 1. The van der Waals surface area contributed by atoms with Crippen LogP contribution in [0.2, 0.25) is 0 Å². The van der Waals surface area contributed by atoms with Gasteiger partial charge in [0.25, 0.3) is 0 Å². The van der Waals surface area contributed by atoms with Gasteiger partial charge in [-0.2, -0.15) is 0 Å². The van der Waals surface area contributed by atoms with Gasteiger partial charge in [-0.25, -0.2) is 4.79 Å². The second-order valence-corrected chi connectivity index (χ2v) is 5.91. The number of rotatable bonds is 2. The maximum atomic E-state index is 12.0. The van der Waals surface area contributed by atoms with E-state index >= 15 is 0 Å². The Morgan fingerprint density at radius 1 is 1.33 bits per heavy atom. The van der Waals surface area contributed by atoms with Crippen LogP contribution < -0.4 is 5.73 Å². The molecule has 0 aromatic rings. The maximum absolute atomic E-state index is 12.0. The average Bonchev–Trinajstić information content (AvgIpc) is 2.49. The normalized spacial score (nSPS) is 25.7. The molecule has 0 spiro atoms. The molecule has 0 aromatic carbocycles. The van der Waals surface area contributed by atoms with E-state index in [9.17, 15) is 4.79 Å². The van der Waals surface area contributed by atoms with Crippen molar-refractivity contribution in [1.29, 1.82) is 0 Å². The van der Waals surface area contributed by atoms with Gasteiger partial charge in [-0.15, -0.1) is 0 Å². The van der Waals surface area contributed by atoms with Gasteiger partial charge in [-0.3, -0.25) is 0 Å². The second kappa shape index (κ2) is 5.89. The molecule has 0 bridgehead atoms. The van der Waals surface area contributed by atoms with E-state index in [0.29, 0.717) is 19.6 Å². The fraction of sp³-hybridized carbons (Fsp3) is 0.923. The Morgan fingerprint density at radius 3 is 2.50 bits per heavy atom. The molecule has 1 aliphatic rings. The number of nitrogens with zero attached hydrogens (tertiary/aromatic N) is 1. The van der Waals surface area contributed by atoms with Crippen LogP contribution in [-0.4, -0.2) is 48.9 Å². The van der Waals surface area contributed by atoms with Crippen LogP contribution in [0.15, 0.2) is 0 Å². The Hall–Kier alpha value is -0.810. The number of likely N-dealkylation sites (tertiary alicyclic amines) is 1.